The lowest BCUT2D eigenvalue weighted by molar-refractivity contribution is -0.122. The summed E-state index contributed by atoms with van der Waals surface area (Å²) in [6, 6.07) is 4.14. The fourth-order valence-electron chi connectivity index (χ4n) is 2.24. The number of rotatable bonds is 3. The summed E-state index contributed by atoms with van der Waals surface area (Å²) in [7, 11) is 0. The number of amides is 2. The number of alkyl halides is 3. The molecule has 1 aromatic heterocycles. The Kier molecular flexibility index (Phi) is 4.76. The molecule has 10 heteroatoms. The molecule has 0 radical (unpaired) electrons. The van der Waals surface area contributed by atoms with Crippen LogP contribution in [0.1, 0.15) is 0 Å². The lowest BCUT2D eigenvalue weighted by Gasteiger charge is -2.25. The number of hydrogen-bond acceptors (Lipinski definition) is 5. The van der Waals surface area contributed by atoms with Crippen molar-refractivity contribution in [1.82, 2.24) is 10.3 Å². The molecule has 0 bridgehead atoms. The first-order valence-corrected chi connectivity index (χ1v) is 8.07. The Morgan fingerprint density at radius 2 is 2.08 bits per heavy atom. The van der Waals surface area contributed by atoms with Crippen molar-refractivity contribution in [1.29, 1.82) is 0 Å². The number of benzene rings is 1. The largest absolute Gasteiger partial charge is 0.405 e. The van der Waals surface area contributed by atoms with Crippen LogP contribution in [0, 0.1) is 0 Å². The zero-order chi connectivity index (χ0) is 17.2. The Morgan fingerprint density at radius 1 is 1.33 bits per heavy atom. The normalized spacial score (nSPS) is 15.5. The summed E-state index contributed by atoms with van der Waals surface area (Å²) < 4.78 is 42.4. The number of ether oxygens (including phenoxy) is 1. The zero-order valence-corrected chi connectivity index (χ0v) is 13.3. The second-order valence-corrected chi connectivity index (χ2v) is 6.21. The van der Waals surface area contributed by atoms with Gasteiger partial charge in [0.05, 0.1) is 23.4 Å². The number of hydrogen-bond donors (Lipinski definition) is 2. The van der Waals surface area contributed by atoms with Gasteiger partial charge in [-0.05, 0) is 18.2 Å². The van der Waals surface area contributed by atoms with Gasteiger partial charge in [-0.15, -0.1) is 0 Å². The number of fused-ring (bicyclic) bond motifs is 1. The van der Waals surface area contributed by atoms with E-state index in [4.69, 9.17) is 4.74 Å². The number of carbonyl (C=O) groups is 1. The highest BCUT2D eigenvalue weighted by Gasteiger charge is 2.27. The predicted molar refractivity (Wildman–Crippen MR) is 85.7 cm³/mol. The van der Waals surface area contributed by atoms with E-state index in [9.17, 15) is 18.0 Å². The van der Waals surface area contributed by atoms with E-state index >= 15 is 0 Å². The Bertz CT molecular complexity index is 728. The number of anilines is 2. The van der Waals surface area contributed by atoms with Gasteiger partial charge in [0.25, 0.3) is 0 Å². The van der Waals surface area contributed by atoms with Crippen LogP contribution >= 0.6 is 11.3 Å². The number of aromatic nitrogens is 1. The van der Waals surface area contributed by atoms with Crippen LogP contribution in [0.25, 0.3) is 10.2 Å². The summed E-state index contributed by atoms with van der Waals surface area (Å²) in [6.45, 7) is 1.47. The maximum Gasteiger partial charge on any atom is 0.405 e. The summed E-state index contributed by atoms with van der Waals surface area (Å²) in [4.78, 5) is 18.2. The Balaban J connectivity index is 1.68. The first kappa shape index (κ1) is 16.8. The van der Waals surface area contributed by atoms with Gasteiger partial charge in [0.15, 0.2) is 5.13 Å². The van der Waals surface area contributed by atoms with Gasteiger partial charge < -0.3 is 20.3 Å². The number of nitrogens with one attached hydrogen (secondary N) is 2. The van der Waals surface area contributed by atoms with Gasteiger partial charge in [0, 0.05) is 18.8 Å². The molecule has 1 saturated heterocycles. The summed E-state index contributed by atoms with van der Waals surface area (Å²) in [6.07, 6.45) is -4.44. The summed E-state index contributed by atoms with van der Waals surface area (Å²) in [5, 5.41) is 5.02. The molecule has 0 atom stereocenters. The Hall–Kier alpha value is -2.07. The molecule has 2 amide bonds. The lowest BCUT2D eigenvalue weighted by Crippen LogP contribution is -2.36. The van der Waals surface area contributed by atoms with E-state index in [0.717, 1.165) is 28.4 Å². The van der Waals surface area contributed by atoms with Crippen LogP contribution in [-0.4, -0.2) is 50.0 Å². The van der Waals surface area contributed by atoms with Crippen LogP contribution in [0.15, 0.2) is 18.2 Å². The third-order valence-electron chi connectivity index (χ3n) is 3.37. The molecule has 1 aliphatic heterocycles. The van der Waals surface area contributed by atoms with E-state index < -0.39 is 18.8 Å². The quantitative estimate of drug-likeness (QED) is 0.883. The topological polar surface area (TPSA) is 66.5 Å². The molecule has 0 spiro atoms. The number of urea groups is 1. The monoisotopic (exact) mass is 360 g/mol. The number of nitrogens with zero attached hydrogens (tertiary/aromatic N) is 2. The molecule has 130 valence electrons. The first-order valence-electron chi connectivity index (χ1n) is 7.26. The molecule has 3 rings (SSSR count). The van der Waals surface area contributed by atoms with Crippen molar-refractivity contribution < 1.29 is 22.7 Å². The van der Waals surface area contributed by atoms with Gasteiger partial charge in [-0.25, -0.2) is 9.78 Å². The first-order chi connectivity index (χ1) is 11.4. The molecule has 2 heterocycles. The third kappa shape index (κ3) is 4.26. The van der Waals surface area contributed by atoms with Crippen molar-refractivity contribution in [3.05, 3.63) is 18.2 Å². The number of thiazole rings is 1. The highest BCUT2D eigenvalue weighted by molar-refractivity contribution is 7.22. The van der Waals surface area contributed by atoms with Crippen LogP contribution in [0.2, 0.25) is 0 Å². The van der Waals surface area contributed by atoms with E-state index in [-0.39, 0.29) is 0 Å². The van der Waals surface area contributed by atoms with Crippen LogP contribution in [0.3, 0.4) is 0 Å². The summed E-state index contributed by atoms with van der Waals surface area (Å²) in [5.74, 6) is 0. The van der Waals surface area contributed by atoms with Gasteiger partial charge >= 0.3 is 12.2 Å². The molecular formula is C14H15F3N4O2S. The highest BCUT2D eigenvalue weighted by Crippen LogP contribution is 2.31. The van der Waals surface area contributed by atoms with Gasteiger partial charge in [-0.2, -0.15) is 13.2 Å². The minimum atomic E-state index is -4.44. The standard InChI is InChI=1S/C14H15F3N4O2S/c15-14(16,17)8-18-12(22)19-9-1-2-10-11(7-9)24-13(20-10)21-3-5-23-6-4-21/h1-2,7H,3-6,8H2,(H2,18,19,22). The predicted octanol–water partition coefficient (Wildman–Crippen LogP) is 2.82. The Labute approximate surface area is 139 Å². The molecular weight excluding hydrogens is 345 g/mol. The summed E-state index contributed by atoms with van der Waals surface area (Å²) in [5.41, 5.74) is 1.20. The molecule has 6 nitrogen and oxygen atoms in total. The van der Waals surface area contributed by atoms with Crippen molar-refractivity contribution in [3.63, 3.8) is 0 Å². The van der Waals surface area contributed by atoms with Gasteiger partial charge in [0.1, 0.15) is 6.54 Å². The van der Waals surface area contributed by atoms with E-state index in [2.05, 4.69) is 15.2 Å². The maximum atomic E-state index is 12.1. The maximum absolute atomic E-state index is 12.1. The van der Waals surface area contributed by atoms with Crippen molar-refractivity contribution in [2.45, 2.75) is 6.18 Å². The molecule has 2 N–H and O–H groups in total. The molecule has 24 heavy (non-hydrogen) atoms. The smallest absolute Gasteiger partial charge is 0.378 e. The van der Waals surface area contributed by atoms with Crippen molar-refractivity contribution >= 4 is 38.4 Å². The molecule has 0 unspecified atom stereocenters. The van der Waals surface area contributed by atoms with Gasteiger partial charge in [-0.1, -0.05) is 11.3 Å². The number of halogens is 3. The zero-order valence-electron chi connectivity index (χ0n) is 12.5. The second kappa shape index (κ2) is 6.81. The van der Waals surface area contributed by atoms with E-state index in [1.807, 2.05) is 0 Å². The van der Waals surface area contributed by atoms with Crippen molar-refractivity contribution in [3.8, 4) is 0 Å². The highest BCUT2D eigenvalue weighted by atomic mass is 32.1. The van der Waals surface area contributed by atoms with Gasteiger partial charge in [-0.3, -0.25) is 0 Å². The summed E-state index contributed by atoms with van der Waals surface area (Å²) >= 11 is 1.47. The lowest BCUT2D eigenvalue weighted by atomic mass is 10.3. The molecule has 1 aliphatic rings. The molecule has 2 aromatic rings. The van der Waals surface area contributed by atoms with Crippen LogP contribution < -0.4 is 15.5 Å². The van der Waals surface area contributed by atoms with Gasteiger partial charge in [0.2, 0.25) is 0 Å². The number of morpholine rings is 1. The fourth-order valence-corrected chi connectivity index (χ4v) is 3.29. The van der Waals surface area contributed by atoms with Crippen molar-refractivity contribution in [2.75, 3.05) is 43.1 Å². The van der Waals surface area contributed by atoms with Crippen molar-refractivity contribution in [2.24, 2.45) is 0 Å². The third-order valence-corrected chi connectivity index (χ3v) is 4.44. The van der Waals surface area contributed by atoms with Crippen LogP contribution in [0.5, 0.6) is 0 Å². The average Bonchev–Trinajstić information content (AvgIpc) is 2.96. The molecule has 0 saturated carbocycles. The fraction of sp³-hybridized carbons (Fsp3) is 0.429. The van der Waals surface area contributed by atoms with E-state index in [1.54, 1.807) is 23.5 Å². The van der Waals surface area contributed by atoms with Crippen LogP contribution in [0.4, 0.5) is 28.8 Å². The molecule has 1 aromatic carbocycles. The Morgan fingerprint density at radius 3 is 2.79 bits per heavy atom. The van der Waals surface area contributed by atoms with E-state index in [1.165, 1.54) is 11.3 Å². The molecule has 1 fully saturated rings. The minimum absolute atomic E-state index is 0.416. The number of carbonyl (C=O) groups excluding carboxylic acids is 1. The van der Waals surface area contributed by atoms with E-state index in [0.29, 0.717) is 18.9 Å². The second-order valence-electron chi connectivity index (χ2n) is 5.20. The minimum Gasteiger partial charge on any atom is -0.378 e. The average molecular weight is 360 g/mol. The SMILES string of the molecule is O=C(NCC(F)(F)F)Nc1ccc2nc(N3CCOCC3)sc2c1. The van der Waals surface area contributed by atoms with Crippen LogP contribution in [-0.2, 0) is 4.74 Å². The molecule has 0 aliphatic carbocycles.